The Kier molecular flexibility index (Phi) is 6.17. The molecule has 2 N–H and O–H groups in total. The number of hydrogen-bond acceptors (Lipinski definition) is 2. The van der Waals surface area contributed by atoms with E-state index in [0.717, 1.165) is 22.7 Å². The van der Waals surface area contributed by atoms with Crippen LogP contribution < -0.4 is 10.6 Å². The van der Waals surface area contributed by atoms with Gasteiger partial charge in [-0.3, -0.25) is 0 Å². The summed E-state index contributed by atoms with van der Waals surface area (Å²) in [5, 5.41) is 7.36. The molecule has 0 aliphatic heterocycles. The van der Waals surface area contributed by atoms with E-state index in [9.17, 15) is 0 Å². The van der Waals surface area contributed by atoms with Crippen LogP contribution in [0.4, 0.5) is 22.7 Å². The lowest BCUT2D eigenvalue weighted by Gasteiger charge is -2.34. The fourth-order valence-corrected chi connectivity index (χ4v) is 6.42. The molecule has 0 fully saturated rings. The van der Waals surface area contributed by atoms with Crippen LogP contribution in [-0.4, -0.2) is 0 Å². The summed E-state index contributed by atoms with van der Waals surface area (Å²) in [6.45, 7) is 4.26. The van der Waals surface area contributed by atoms with Crippen molar-refractivity contribution in [1.82, 2.24) is 0 Å². The van der Waals surface area contributed by atoms with Gasteiger partial charge >= 0.3 is 0 Å². The molecule has 0 radical (unpaired) electrons. The van der Waals surface area contributed by atoms with Crippen molar-refractivity contribution in [2.24, 2.45) is 0 Å². The smallest absolute Gasteiger partial charge is 0.0715 e. The molecule has 1 aliphatic carbocycles. The zero-order valence-electron chi connectivity index (χ0n) is 23.4. The van der Waals surface area contributed by atoms with Gasteiger partial charge in [-0.05, 0) is 107 Å². The molecule has 0 heterocycles. The maximum Gasteiger partial charge on any atom is 0.0715 e. The second kappa shape index (κ2) is 10.1. The Morgan fingerprint density at radius 2 is 0.805 bits per heavy atom. The molecule has 0 amide bonds. The zero-order chi connectivity index (χ0) is 27.8. The molecule has 198 valence electrons. The molecule has 0 saturated heterocycles. The maximum absolute atomic E-state index is 3.68. The third-order valence-electron chi connectivity index (χ3n) is 8.16. The Balaban J connectivity index is 1.46. The molecule has 0 unspecified atom stereocenters. The molecule has 41 heavy (non-hydrogen) atoms. The second-order valence-electron chi connectivity index (χ2n) is 11.0. The van der Waals surface area contributed by atoms with Gasteiger partial charge in [0, 0.05) is 22.7 Å². The molecule has 0 atom stereocenters. The van der Waals surface area contributed by atoms with Crippen LogP contribution in [0.2, 0.25) is 0 Å². The van der Waals surface area contributed by atoms with E-state index in [2.05, 4.69) is 170 Å². The topological polar surface area (TPSA) is 24.1 Å². The molecule has 2 nitrogen and oxygen atoms in total. The lowest BCUT2D eigenvalue weighted by Crippen LogP contribution is -2.28. The van der Waals surface area contributed by atoms with Gasteiger partial charge < -0.3 is 10.6 Å². The largest absolute Gasteiger partial charge is 0.356 e. The van der Waals surface area contributed by atoms with Gasteiger partial charge in [-0.2, -0.15) is 0 Å². The zero-order valence-corrected chi connectivity index (χ0v) is 23.4. The molecule has 6 aromatic carbocycles. The minimum atomic E-state index is -0.470. The van der Waals surface area contributed by atoms with Crippen molar-refractivity contribution in [3.8, 4) is 11.1 Å². The van der Waals surface area contributed by atoms with Gasteiger partial charge in [0.15, 0.2) is 0 Å². The summed E-state index contributed by atoms with van der Waals surface area (Å²) in [4.78, 5) is 0. The van der Waals surface area contributed by atoms with E-state index in [-0.39, 0.29) is 0 Å². The minimum absolute atomic E-state index is 0.470. The van der Waals surface area contributed by atoms with Gasteiger partial charge in [0.25, 0.3) is 0 Å². The normalized spacial score (nSPS) is 12.8. The van der Waals surface area contributed by atoms with Crippen LogP contribution in [0.25, 0.3) is 11.1 Å². The first-order valence-corrected chi connectivity index (χ1v) is 14.2. The van der Waals surface area contributed by atoms with E-state index in [1.807, 2.05) is 0 Å². The van der Waals surface area contributed by atoms with Crippen LogP contribution in [-0.2, 0) is 5.41 Å². The predicted molar refractivity (Wildman–Crippen MR) is 173 cm³/mol. The van der Waals surface area contributed by atoms with E-state index >= 15 is 0 Å². The third kappa shape index (κ3) is 4.38. The van der Waals surface area contributed by atoms with Crippen molar-refractivity contribution >= 4 is 22.7 Å². The molecule has 7 rings (SSSR count). The Hall–Kier alpha value is -5.08. The Labute approximate surface area is 242 Å². The van der Waals surface area contributed by atoms with Crippen LogP contribution in [0.3, 0.4) is 0 Å². The molecule has 0 spiro atoms. The van der Waals surface area contributed by atoms with Crippen LogP contribution >= 0.6 is 0 Å². The molecular formula is C39H32N2. The number of rotatable bonds is 6. The molecular weight excluding hydrogens is 496 g/mol. The quantitative estimate of drug-likeness (QED) is 0.224. The van der Waals surface area contributed by atoms with Crippen molar-refractivity contribution in [1.29, 1.82) is 0 Å². The fraction of sp³-hybridized carbons (Fsp3) is 0.0769. The van der Waals surface area contributed by atoms with E-state index < -0.39 is 5.41 Å². The first-order chi connectivity index (χ1) is 20.1. The van der Waals surface area contributed by atoms with Crippen molar-refractivity contribution in [3.05, 3.63) is 179 Å². The van der Waals surface area contributed by atoms with Crippen molar-refractivity contribution in [2.45, 2.75) is 19.3 Å². The van der Waals surface area contributed by atoms with Crippen LogP contribution in [0.5, 0.6) is 0 Å². The lowest BCUT2D eigenvalue weighted by molar-refractivity contribution is 0.769. The van der Waals surface area contributed by atoms with Gasteiger partial charge in [0.1, 0.15) is 0 Å². The summed E-state index contributed by atoms with van der Waals surface area (Å²) in [7, 11) is 0. The SMILES string of the molecule is Cc1cccc(Nc2ccc3c(c2)C(c2ccccc2)(c2ccccc2)c2cc(Nc4cccc(C)c4)ccc2-3)c1. The molecule has 2 heteroatoms. The highest BCUT2D eigenvalue weighted by atomic mass is 14.9. The molecule has 6 aromatic rings. The number of fused-ring (bicyclic) bond motifs is 3. The van der Waals surface area contributed by atoms with Gasteiger partial charge in [-0.1, -0.05) is 97.1 Å². The van der Waals surface area contributed by atoms with E-state index in [0.29, 0.717) is 0 Å². The predicted octanol–water partition coefficient (Wildman–Crippen LogP) is 10.2. The molecule has 0 saturated carbocycles. The van der Waals surface area contributed by atoms with Gasteiger partial charge in [0.05, 0.1) is 5.41 Å². The van der Waals surface area contributed by atoms with Gasteiger partial charge in [-0.25, -0.2) is 0 Å². The third-order valence-corrected chi connectivity index (χ3v) is 8.16. The Bertz CT molecular complexity index is 1720. The fourth-order valence-electron chi connectivity index (χ4n) is 6.42. The monoisotopic (exact) mass is 528 g/mol. The summed E-state index contributed by atoms with van der Waals surface area (Å²) in [6, 6.07) is 52.7. The van der Waals surface area contributed by atoms with Crippen molar-refractivity contribution in [2.75, 3.05) is 10.6 Å². The van der Waals surface area contributed by atoms with E-state index in [1.165, 1.54) is 44.5 Å². The summed E-state index contributed by atoms with van der Waals surface area (Å²) >= 11 is 0. The highest BCUT2D eigenvalue weighted by molar-refractivity contribution is 5.89. The summed E-state index contributed by atoms with van der Waals surface area (Å²) in [5.41, 5.74) is 14.0. The number of nitrogens with one attached hydrogen (secondary N) is 2. The first kappa shape index (κ1) is 24.9. The first-order valence-electron chi connectivity index (χ1n) is 14.2. The average Bonchev–Trinajstić information content (AvgIpc) is 3.28. The van der Waals surface area contributed by atoms with E-state index in [4.69, 9.17) is 0 Å². The molecule has 0 bridgehead atoms. The highest BCUT2D eigenvalue weighted by Crippen LogP contribution is 2.57. The standard InChI is InChI=1S/C39H32N2/c1-27-11-9-17-31(23-27)40-33-19-21-35-36-22-20-34(41-32-18-10-12-28(2)24-32)26-38(36)39(37(35)25-33,29-13-5-3-6-14-29)30-15-7-4-8-16-30/h3-26,40-41H,1-2H3. The minimum Gasteiger partial charge on any atom is -0.356 e. The summed E-state index contributed by atoms with van der Waals surface area (Å²) in [5.74, 6) is 0. The highest BCUT2D eigenvalue weighted by Gasteiger charge is 2.46. The van der Waals surface area contributed by atoms with Crippen molar-refractivity contribution in [3.63, 3.8) is 0 Å². The van der Waals surface area contributed by atoms with Crippen molar-refractivity contribution < 1.29 is 0 Å². The van der Waals surface area contributed by atoms with Gasteiger partial charge in [0.2, 0.25) is 0 Å². The maximum atomic E-state index is 3.68. The van der Waals surface area contributed by atoms with Crippen LogP contribution in [0.15, 0.2) is 146 Å². The summed E-state index contributed by atoms with van der Waals surface area (Å²) in [6.07, 6.45) is 0. The van der Waals surface area contributed by atoms with Crippen LogP contribution in [0.1, 0.15) is 33.4 Å². The van der Waals surface area contributed by atoms with Crippen LogP contribution in [0, 0.1) is 13.8 Å². The number of hydrogen-bond donors (Lipinski definition) is 2. The lowest BCUT2D eigenvalue weighted by atomic mass is 9.67. The summed E-state index contributed by atoms with van der Waals surface area (Å²) < 4.78 is 0. The Morgan fingerprint density at radius 3 is 1.22 bits per heavy atom. The molecule has 0 aromatic heterocycles. The Morgan fingerprint density at radius 1 is 0.390 bits per heavy atom. The number of anilines is 4. The molecule has 1 aliphatic rings. The average molecular weight is 529 g/mol. The number of benzene rings is 6. The van der Waals surface area contributed by atoms with Gasteiger partial charge in [-0.15, -0.1) is 0 Å². The number of aryl methyl sites for hydroxylation is 2. The second-order valence-corrected chi connectivity index (χ2v) is 11.0. The van der Waals surface area contributed by atoms with E-state index in [1.54, 1.807) is 0 Å².